The van der Waals surface area contributed by atoms with Crippen LogP contribution in [-0.2, 0) is 6.42 Å². The second-order valence-electron chi connectivity index (χ2n) is 4.46. The van der Waals surface area contributed by atoms with E-state index in [1.54, 1.807) is 24.5 Å². The van der Waals surface area contributed by atoms with Crippen LogP contribution in [0.2, 0.25) is 0 Å². The molecule has 0 amide bonds. The zero-order valence-corrected chi connectivity index (χ0v) is 10.7. The highest BCUT2D eigenvalue weighted by molar-refractivity contribution is 5.28. The van der Waals surface area contributed by atoms with Crippen LogP contribution in [0.3, 0.4) is 0 Å². The number of aryl methyl sites for hydroxylation is 1. The normalized spacial score (nSPS) is 12.4. The van der Waals surface area contributed by atoms with Gasteiger partial charge in [-0.2, -0.15) is 0 Å². The molecular weight excluding hydrogens is 227 g/mol. The Bertz CT molecular complexity index is 491. The van der Waals surface area contributed by atoms with Gasteiger partial charge >= 0.3 is 0 Å². The number of benzene rings is 1. The first kappa shape index (κ1) is 12.7. The lowest BCUT2D eigenvalue weighted by atomic mass is 9.98. The molecule has 1 aromatic heterocycles. The minimum Gasteiger partial charge on any atom is -0.313 e. The maximum atomic E-state index is 13.4. The third-order valence-corrected chi connectivity index (χ3v) is 3.00. The van der Waals surface area contributed by atoms with E-state index in [1.165, 1.54) is 5.56 Å². The highest BCUT2D eigenvalue weighted by Crippen LogP contribution is 2.20. The van der Waals surface area contributed by atoms with Gasteiger partial charge in [0.05, 0.1) is 0 Å². The number of nitrogens with zero attached hydrogens (tertiary/aromatic N) is 1. The van der Waals surface area contributed by atoms with E-state index in [9.17, 15) is 4.39 Å². The molecule has 1 aromatic carbocycles. The number of pyridine rings is 1. The van der Waals surface area contributed by atoms with Crippen LogP contribution in [0.1, 0.15) is 22.7 Å². The molecule has 1 unspecified atom stereocenters. The third-order valence-electron chi connectivity index (χ3n) is 3.00. The van der Waals surface area contributed by atoms with Gasteiger partial charge in [0.15, 0.2) is 0 Å². The lowest BCUT2D eigenvalue weighted by Crippen LogP contribution is -2.19. The molecule has 0 saturated heterocycles. The maximum Gasteiger partial charge on any atom is 0.123 e. The van der Waals surface area contributed by atoms with Gasteiger partial charge in [0.25, 0.3) is 0 Å². The van der Waals surface area contributed by atoms with Crippen LogP contribution in [0.5, 0.6) is 0 Å². The Labute approximate surface area is 107 Å². The summed E-state index contributed by atoms with van der Waals surface area (Å²) in [6.45, 7) is 1.91. The Hall–Kier alpha value is -1.74. The SMILES string of the molecule is CNC(Cc1ccncc1)c1cc(C)cc(F)c1. The van der Waals surface area contributed by atoms with Crippen molar-refractivity contribution in [1.29, 1.82) is 0 Å². The van der Waals surface area contributed by atoms with Crippen molar-refractivity contribution in [3.63, 3.8) is 0 Å². The van der Waals surface area contributed by atoms with Crippen LogP contribution >= 0.6 is 0 Å². The number of rotatable bonds is 4. The number of nitrogens with one attached hydrogen (secondary N) is 1. The van der Waals surface area contributed by atoms with Crippen LogP contribution in [0, 0.1) is 12.7 Å². The Morgan fingerprint density at radius 1 is 1.22 bits per heavy atom. The van der Waals surface area contributed by atoms with Crippen molar-refractivity contribution >= 4 is 0 Å². The van der Waals surface area contributed by atoms with Gasteiger partial charge in [-0.15, -0.1) is 0 Å². The van der Waals surface area contributed by atoms with Crippen LogP contribution < -0.4 is 5.32 Å². The van der Waals surface area contributed by atoms with Crippen molar-refractivity contribution in [2.75, 3.05) is 7.05 Å². The van der Waals surface area contributed by atoms with Crippen molar-refractivity contribution in [2.24, 2.45) is 0 Å². The maximum absolute atomic E-state index is 13.4. The summed E-state index contributed by atoms with van der Waals surface area (Å²) >= 11 is 0. The fraction of sp³-hybridized carbons (Fsp3) is 0.267. The number of halogens is 1. The second kappa shape index (κ2) is 5.74. The molecule has 1 N–H and O–H groups in total. The number of likely N-dealkylation sites (N-methyl/N-ethyl adjacent to an activating group) is 1. The molecule has 94 valence electrons. The van der Waals surface area contributed by atoms with Gasteiger partial charge in [-0.3, -0.25) is 4.98 Å². The molecule has 0 saturated carbocycles. The summed E-state index contributed by atoms with van der Waals surface area (Å²) in [5.74, 6) is -0.181. The number of hydrogen-bond acceptors (Lipinski definition) is 2. The largest absolute Gasteiger partial charge is 0.313 e. The van der Waals surface area contributed by atoms with E-state index in [0.29, 0.717) is 0 Å². The fourth-order valence-corrected chi connectivity index (χ4v) is 2.11. The topological polar surface area (TPSA) is 24.9 Å². The lowest BCUT2D eigenvalue weighted by Gasteiger charge is -2.17. The molecule has 2 aromatic rings. The predicted octanol–water partition coefficient (Wildman–Crippen LogP) is 3.03. The monoisotopic (exact) mass is 244 g/mol. The molecule has 0 aliphatic heterocycles. The first-order valence-electron chi connectivity index (χ1n) is 6.02. The molecule has 18 heavy (non-hydrogen) atoms. The molecule has 0 aliphatic carbocycles. The summed E-state index contributed by atoms with van der Waals surface area (Å²) < 4.78 is 13.4. The summed E-state index contributed by atoms with van der Waals surface area (Å²) in [7, 11) is 1.89. The Balaban J connectivity index is 2.23. The first-order valence-corrected chi connectivity index (χ1v) is 6.02. The quantitative estimate of drug-likeness (QED) is 0.894. The third kappa shape index (κ3) is 3.14. The van der Waals surface area contributed by atoms with Gasteiger partial charge < -0.3 is 5.32 Å². The van der Waals surface area contributed by atoms with Crippen LogP contribution in [0.15, 0.2) is 42.7 Å². The molecule has 1 heterocycles. The Morgan fingerprint density at radius 2 is 1.94 bits per heavy atom. The number of hydrogen-bond donors (Lipinski definition) is 1. The van der Waals surface area contributed by atoms with E-state index in [2.05, 4.69) is 10.3 Å². The Kier molecular flexibility index (Phi) is 4.05. The van der Waals surface area contributed by atoms with E-state index in [-0.39, 0.29) is 11.9 Å². The molecule has 0 radical (unpaired) electrons. The molecule has 0 bridgehead atoms. The van der Waals surface area contributed by atoms with Crippen molar-refractivity contribution in [3.8, 4) is 0 Å². The standard InChI is InChI=1S/C15H17FN2/c1-11-7-13(10-14(16)8-11)15(17-2)9-12-3-5-18-6-4-12/h3-8,10,15,17H,9H2,1-2H3. The van der Waals surface area contributed by atoms with E-state index >= 15 is 0 Å². The molecule has 0 spiro atoms. The van der Waals surface area contributed by atoms with E-state index in [0.717, 1.165) is 17.5 Å². The van der Waals surface area contributed by atoms with Crippen molar-refractivity contribution < 1.29 is 4.39 Å². The van der Waals surface area contributed by atoms with Gasteiger partial charge in [0.2, 0.25) is 0 Å². The summed E-state index contributed by atoms with van der Waals surface area (Å²) in [6.07, 6.45) is 4.37. The molecule has 0 fully saturated rings. The molecule has 2 nitrogen and oxygen atoms in total. The first-order chi connectivity index (χ1) is 8.69. The van der Waals surface area contributed by atoms with Gasteiger partial charge in [0.1, 0.15) is 5.82 Å². The molecule has 1 atom stereocenters. The van der Waals surface area contributed by atoms with Crippen molar-refractivity contribution in [2.45, 2.75) is 19.4 Å². The smallest absolute Gasteiger partial charge is 0.123 e. The van der Waals surface area contributed by atoms with Gasteiger partial charge in [-0.05, 0) is 61.3 Å². The summed E-state index contributed by atoms with van der Waals surface area (Å²) in [5.41, 5.74) is 3.11. The predicted molar refractivity (Wildman–Crippen MR) is 70.9 cm³/mol. The second-order valence-corrected chi connectivity index (χ2v) is 4.46. The zero-order chi connectivity index (χ0) is 13.0. The summed E-state index contributed by atoms with van der Waals surface area (Å²) in [4.78, 5) is 4.00. The Morgan fingerprint density at radius 3 is 2.56 bits per heavy atom. The highest BCUT2D eigenvalue weighted by Gasteiger charge is 2.11. The summed E-state index contributed by atoms with van der Waals surface area (Å²) in [6, 6.07) is 9.23. The lowest BCUT2D eigenvalue weighted by molar-refractivity contribution is 0.576. The van der Waals surface area contributed by atoms with E-state index < -0.39 is 0 Å². The molecule has 0 aliphatic rings. The zero-order valence-electron chi connectivity index (χ0n) is 10.7. The average Bonchev–Trinajstić information content (AvgIpc) is 2.36. The highest BCUT2D eigenvalue weighted by atomic mass is 19.1. The minimum absolute atomic E-state index is 0.113. The van der Waals surface area contributed by atoms with Crippen LogP contribution in [0.4, 0.5) is 4.39 Å². The average molecular weight is 244 g/mol. The van der Waals surface area contributed by atoms with Crippen LogP contribution in [-0.4, -0.2) is 12.0 Å². The van der Waals surface area contributed by atoms with Gasteiger partial charge in [-0.1, -0.05) is 6.07 Å². The molecular formula is C15H17FN2. The van der Waals surface area contributed by atoms with Gasteiger partial charge in [0, 0.05) is 18.4 Å². The van der Waals surface area contributed by atoms with E-state index in [4.69, 9.17) is 0 Å². The molecule has 3 heteroatoms. The molecule has 2 rings (SSSR count). The van der Waals surface area contributed by atoms with E-state index in [1.807, 2.05) is 32.2 Å². The minimum atomic E-state index is -0.181. The number of aromatic nitrogens is 1. The summed E-state index contributed by atoms with van der Waals surface area (Å²) in [5, 5.41) is 3.23. The van der Waals surface area contributed by atoms with Crippen molar-refractivity contribution in [1.82, 2.24) is 10.3 Å². The van der Waals surface area contributed by atoms with Crippen LogP contribution in [0.25, 0.3) is 0 Å². The fourth-order valence-electron chi connectivity index (χ4n) is 2.11. The van der Waals surface area contributed by atoms with Gasteiger partial charge in [-0.25, -0.2) is 4.39 Å². The van der Waals surface area contributed by atoms with Crippen molar-refractivity contribution in [3.05, 3.63) is 65.2 Å².